The van der Waals surface area contributed by atoms with E-state index in [0.717, 1.165) is 24.8 Å². The standard InChI is InChI=1S/C15H17NO4S/c1-20-15(17)10-12-11-6-2-3-8-14(11)21(18,19)16-9-5-4-7-13(12)16/h2-3,6,8,10,13H,4-5,7,9H2,1H3/b12-10-. The van der Waals surface area contributed by atoms with E-state index in [4.69, 9.17) is 4.74 Å². The van der Waals surface area contributed by atoms with Crippen LogP contribution in [0.1, 0.15) is 24.8 Å². The zero-order chi connectivity index (χ0) is 15.0. The van der Waals surface area contributed by atoms with Crippen LogP contribution in [0.3, 0.4) is 0 Å². The summed E-state index contributed by atoms with van der Waals surface area (Å²) in [5.74, 6) is -0.454. The molecule has 1 aromatic carbocycles. The first kappa shape index (κ1) is 14.3. The minimum atomic E-state index is -3.48. The minimum absolute atomic E-state index is 0.266. The van der Waals surface area contributed by atoms with Gasteiger partial charge < -0.3 is 4.74 Å². The molecule has 0 N–H and O–H groups in total. The molecule has 21 heavy (non-hydrogen) atoms. The van der Waals surface area contributed by atoms with E-state index in [2.05, 4.69) is 0 Å². The van der Waals surface area contributed by atoms with Crippen LogP contribution < -0.4 is 0 Å². The molecule has 6 heteroatoms. The summed E-state index contributed by atoms with van der Waals surface area (Å²) in [5.41, 5.74) is 1.36. The molecular weight excluding hydrogens is 290 g/mol. The Morgan fingerprint density at radius 2 is 2.10 bits per heavy atom. The van der Waals surface area contributed by atoms with Crippen LogP contribution >= 0.6 is 0 Å². The molecule has 5 nitrogen and oxygen atoms in total. The van der Waals surface area contributed by atoms with Crippen molar-refractivity contribution >= 4 is 21.6 Å². The van der Waals surface area contributed by atoms with E-state index in [1.165, 1.54) is 17.5 Å². The van der Waals surface area contributed by atoms with Crippen molar-refractivity contribution in [3.63, 3.8) is 0 Å². The lowest BCUT2D eigenvalue weighted by molar-refractivity contribution is -0.134. The van der Waals surface area contributed by atoms with Gasteiger partial charge in [-0.1, -0.05) is 24.6 Å². The van der Waals surface area contributed by atoms with Crippen molar-refractivity contribution in [3.8, 4) is 0 Å². The van der Waals surface area contributed by atoms with Gasteiger partial charge >= 0.3 is 5.97 Å². The van der Waals surface area contributed by atoms with Crippen LogP contribution in [0.5, 0.6) is 0 Å². The summed E-state index contributed by atoms with van der Waals surface area (Å²) in [6.45, 7) is 0.500. The van der Waals surface area contributed by atoms with Gasteiger partial charge in [0.2, 0.25) is 10.0 Å². The summed E-state index contributed by atoms with van der Waals surface area (Å²) in [6.07, 6.45) is 3.97. The summed E-state index contributed by atoms with van der Waals surface area (Å²) in [5, 5.41) is 0. The Morgan fingerprint density at radius 1 is 1.33 bits per heavy atom. The van der Waals surface area contributed by atoms with E-state index >= 15 is 0 Å². The van der Waals surface area contributed by atoms with Crippen LogP contribution in [0.4, 0.5) is 0 Å². The van der Waals surface area contributed by atoms with Gasteiger partial charge in [-0.3, -0.25) is 0 Å². The Hall–Kier alpha value is -1.66. The van der Waals surface area contributed by atoms with Crippen molar-refractivity contribution in [3.05, 3.63) is 35.9 Å². The first-order valence-corrected chi connectivity index (χ1v) is 8.40. The van der Waals surface area contributed by atoms with Gasteiger partial charge in [-0.15, -0.1) is 0 Å². The minimum Gasteiger partial charge on any atom is -0.466 e. The molecule has 0 spiro atoms. The quantitative estimate of drug-likeness (QED) is 0.586. The van der Waals surface area contributed by atoms with Gasteiger partial charge in [-0.2, -0.15) is 4.31 Å². The van der Waals surface area contributed by atoms with Gasteiger partial charge in [0.25, 0.3) is 0 Å². The van der Waals surface area contributed by atoms with Crippen LogP contribution in [0.25, 0.3) is 5.57 Å². The van der Waals surface area contributed by atoms with E-state index in [0.29, 0.717) is 12.1 Å². The molecule has 0 bridgehead atoms. The zero-order valence-electron chi connectivity index (χ0n) is 11.8. The summed E-state index contributed by atoms with van der Waals surface area (Å²) in [7, 11) is -2.16. The predicted molar refractivity (Wildman–Crippen MR) is 78.0 cm³/mol. The van der Waals surface area contributed by atoms with Crippen LogP contribution in [-0.4, -0.2) is 38.4 Å². The number of methoxy groups -OCH3 is 1. The zero-order valence-corrected chi connectivity index (χ0v) is 12.6. The maximum absolute atomic E-state index is 12.7. The normalized spacial score (nSPS) is 26.0. The van der Waals surface area contributed by atoms with E-state index in [-0.39, 0.29) is 10.9 Å². The second-order valence-corrected chi connectivity index (χ2v) is 7.11. The second-order valence-electron chi connectivity index (χ2n) is 5.25. The Balaban J connectivity index is 2.23. The highest BCUT2D eigenvalue weighted by atomic mass is 32.2. The number of benzene rings is 1. The third-order valence-corrected chi connectivity index (χ3v) is 6.04. The Morgan fingerprint density at radius 3 is 2.86 bits per heavy atom. The summed E-state index contributed by atoms with van der Waals surface area (Å²) >= 11 is 0. The van der Waals surface area contributed by atoms with E-state index < -0.39 is 16.0 Å². The van der Waals surface area contributed by atoms with Gasteiger partial charge in [0.05, 0.1) is 18.0 Å². The number of esters is 1. The van der Waals surface area contributed by atoms with Crippen LogP contribution in [0.15, 0.2) is 35.2 Å². The molecule has 0 amide bonds. The molecule has 0 aliphatic carbocycles. The van der Waals surface area contributed by atoms with Gasteiger partial charge in [-0.25, -0.2) is 13.2 Å². The van der Waals surface area contributed by atoms with E-state index in [9.17, 15) is 13.2 Å². The van der Waals surface area contributed by atoms with Crippen molar-refractivity contribution in [1.82, 2.24) is 4.31 Å². The predicted octanol–water partition coefficient (Wildman–Crippen LogP) is 1.80. The van der Waals surface area contributed by atoms with Crippen LogP contribution in [-0.2, 0) is 19.6 Å². The average molecular weight is 307 g/mol. The number of fused-ring (bicyclic) bond motifs is 2. The Labute approximate surface area is 124 Å². The highest BCUT2D eigenvalue weighted by molar-refractivity contribution is 7.89. The first-order chi connectivity index (χ1) is 10.1. The van der Waals surface area contributed by atoms with Crippen molar-refractivity contribution in [1.29, 1.82) is 0 Å². The largest absolute Gasteiger partial charge is 0.466 e. The number of hydrogen-bond acceptors (Lipinski definition) is 4. The monoisotopic (exact) mass is 307 g/mol. The Kier molecular flexibility index (Phi) is 3.59. The molecule has 1 unspecified atom stereocenters. The fourth-order valence-corrected chi connectivity index (χ4v) is 4.99. The third kappa shape index (κ3) is 2.28. The fourth-order valence-electron chi connectivity index (χ4n) is 3.10. The average Bonchev–Trinajstić information content (AvgIpc) is 2.51. The number of carbonyl (C=O) groups excluding carboxylic acids is 1. The second kappa shape index (κ2) is 5.27. The van der Waals surface area contributed by atoms with Gasteiger partial charge in [-0.05, 0) is 30.0 Å². The summed E-state index contributed by atoms with van der Waals surface area (Å²) < 4.78 is 31.7. The number of piperidine rings is 1. The molecule has 1 fully saturated rings. The number of sulfonamides is 1. The SMILES string of the molecule is COC(=O)/C=C1/c2ccccc2S(=O)(=O)N2CCCCC12. The molecule has 0 aromatic heterocycles. The number of rotatable bonds is 1. The third-order valence-electron chi connectivity index (χ3n) is 4.07. The molecular formula is C15H17NO4S. The Bertz CT molecular complexity index is 708. The van der Waals surface area contributed by atoms with Gasteiger partial charge in [0.15, 0.2) is 0 Å². The maximum atomic E-state index is 12.7. The molecule has 2 aliphatic rings. The molecule has 0 saturated carbocycles. The first-order valence-electron chi connectivity index (χ1n) is 6.96. The molecule has 1 atom stereocenters. The smallest absolute Gasteiger partial charge is 0.330 e. The van der Waals surface area contributed by atoms with Crippen molar-refractivity contribution < 1.29 is 17.9 Å². The number of ether oxygens (including phenoxy) is 1. The molecule has 2 aliphatic heterocycles. The maximum Gasteiger partial charge on any atom is 0.330 e. The van der Waals surface area contributed by atoms with Gasteiger partial charge in [0, 0.05) is 12.6 Å². The van der Waals surface area contributed by atoms with Crippen LogP contribution in [0, 0.1) is 0 Å². The van der Waals surface area contributed by atoms with Crippen LogP contribution in [0.2, 0.25) is 0 Å². The van der Waals surface area contributed by atoms with Crippen molar-refractivity contribution in [2.75, 3.05) is 13.7 Å². The molecule has 1 saturated heterocycles. The van der Waals surface area contributed by atoms with E-state index in [1.807, 2.05) is 0 Å². The van der Waals surface area contributed by atoms with E-state index in [1.54, 1.807) is 24.3 Å². The lowest BCUT2D eigenvalue weighted by Crippen LogP contribution is -2.47. The molecule has 112 valence electrons. The van der Waals surface area contributed by atoms with Gasteiger partial charge in [0.1, 0.15) is 0 Å². The summed E-state index contributed by atoms with van der Waals surface area (Å²) in [6, 6.07) is 6.58. The lowest BCUT2D eigenvalue weighted by Gasteiger charge is -2.40. The lowest BCUT2D eigenvalue weighted by atomic mass is 9.91. The number of nitrogens with zero attached hydrogens (tertiary/aromatic N) is 1. The van der Waals surface area contributed by atoms with Crippen molar-refractivity contribution in [2.45, 2.75) is 30.2 Å². The highest BCUT2D eigenvalue weighted by Gasteiger charge is 2.42. The number of hydrogen-bond donors (Lipinski definition) is 0. The molecule has 1 aromatic rings. The molecule has 0 radical (unpaired) electrons. The number of carbonyl (C=O) groups is 1. The topological polar surface area (TPSA) is 63.7 Å². The highest BCUT2D eigenvalue weighted by Crippen LogP contribution is 2.41. The molecule has 2 heterocycles. The summed E-state index contributed by atoms with van der Waals surface area (Å²) in [4.78, 5) is 11.9. The molecule has 3 rings (SSSR count). The van der Waals surface area contributed by atoms with Crippen molar-refractivity contribution in [2.24, 2.45) is 0 Å². The fraction of sp³-hybridized carbons (Fsp3) is 0.400.